The predicted molar refractivity (Wildman–Crippen MR) is 90.7 cm³/mol. The summed E-state index contributed by atoms with van der Waals surface area (Å²) in [5.74, 6) is 0.895. The second-order valence-corrected chi connectivity index (χ2v) is 5.06. The molecule has 0 radical (unpaired) electrons. The lowest BCUT2D eigenvalue weighted by Gasteiger charge is -2.07. The number of carbonyl (C=O) groups excluding carboxylic acids is 1. The van der Waals surface area contributed by atoms with E-state index in [0.717, 1.165) is 0 Å². The normalized spacial score (nSPS) is 10.6. The van der Waals surface area contributed by atoms with Gasteiger partial charge < -0.3 is 9.47 Å². The minimum absolute atomic E-state index is 0.0757. The van der Waals surface area contributed by atoms with Crippen LogP contribution in [0.1, 0.15) is 21.5 Å². The number of hydrogen-bond acceptors (Lipinski definition) is 5. The van der Waals surface area contributed by atoms with Crippen molar-refractivity contribution in [1.29, 1.82) is 0 Å². The van der Waals surface area contributed by atoms with Gasteiger partial charge in [0.15, 0.2) is 5.78 Å². The largest absolute Gasteiger partial charge is 0.497 e. The van der Waals surface area contributed by atoms with Crippen molar-refractivity contribution in [2.24, 2.45) is 0 Å². The highest BCUT2D eigenvalue weighted by Crippen LogP contribution is 2.25. The smallest absolute Gasteiger partial charge is 0.273 e. The summed E-state index contributed by atoms with van der Waals surface area (Å²) in [5.41, 5.74) is 1.36. The maximum atomic E-state index is 12.3. The van der Waals surface area contributed by atoms with Crippen molar-refractivity contribution in [1.82, 2.24) is 0 Å². The zero-order chi connectivity index (χ0) is 17.7. The van der Waals surface area contributed by atoms with E-state index < -0.39 is 4.92 Å². The Kier molecular flexibility index (Phi) is 5.31. The summed E-state index contributed by atoms with van der Waals surface area (Å²) in [6.45, 7) is 1.63. The number of carbonyl (C=O) groups is 1. The van der Waals surface area contributed by atoms with Crippen molar-refractivity contribution in [2.45, 2.75) is 6.92 Å². The molecule has 2 aromatic carbocycles. The molecule has 0 aliphatic heterocycles. The zero-order valence-corrected chi connectivity index (χ0v) is 13.6. The van der Waals surface area contributed by atoms with Crippen LogP contribution >= 0.6 is 0 Å². The molecule has 0 fully saturated rings. The Labute approximate surface area is 139 Å². The second-order valence-electron chi connectivity index (χ2n) is 5.06. The fraction of sp³-hybridized carbons (Fsp3) is 0.167. The van der Waals surface area contributed by atoms with E-state index in [2.05, 4.69) is 0 Å². The molecule has 0 amide bonds. The minimum Gasteiger partial charge on any atom is -0.497 e. The van der Waals surface area contributed by atoms with Crippen molar-refractivity contribution >= 4 is 17.5 Å². The Morgan fingerprint density at radius 2 is 1.88 bits per heavy atom. The van der Waals surface area contributed by atoms with Crippen LogP contribution in [0, 0.1) is 17.0 Å². The van der Waals surface area contributed by atoms with E-state index in [9.17, 15) is 14.9 Å². The average Bonchev–Trinajstić information content (AvgIpc) is 2.59. The fourth-order valence-electron chi connectivity index (χ4n) is 2.19. The summed E-state index contributed by atoms with van der Waals surface area (Å²) >= 11 is 0. The third kappa shape index (κ3) is 3.78. The summed E-state index contributed by atoms with van der Waals surface area (Å²) in [5, 5.41) is 11.0. The molecule has 0 heterocycles. The van der Waals surface area contributed by atoms with Gasteiger partial charge in [0.25, 0.3) is 5.69 Å². The molecule has 2 aromatic rings. The topological polar surface area (TPSA) is 78.7 Å². The van der Waals surface area contributed by atoms with E-state index in [1.165, 1.54) is 19.3 Å². The predicted octanol–water partition coefficient (Wildman–Crippen LogP) is 3.82. The molecule has 124 valence electrons. The van der Waals surface area contributed by atoms with Gasteiger partial charge in [-0.15, -0.1) is 0 Å². The standard InChI is InChI=1S/C18H17NO5/c1-12-4-5-13(11-16(12)19(21)22)17(20)8-6-14-10-15(23-2)7-9-18(14)24-3/h4-11H,1-3H3/b8-6+. The summed E-state index contributed by atoms with van der Waals surface area (Å²) in [7, 11) is 3.08. The number of ether oxygens (including phenoxy) is 2. The van der Waals surface area contributed by atoms with E-state index >= 15 is 0 Å². The molecule has 6 nitrogen and oxygen atoms in total. The maximum Gasteiger partial charge on any atom is 0.273 e. The fourth-order valence-corrected chi connectivity index (χ4v) is 2.19. The lowest BCUT2D eigenvalue weighted by atomic mass is 10.1. The van der Waals surface area contributed by atoms with E-state index in [1.807, 2.05) is 0 Å². The third-order valence-corrected chi connectivity index (χ3v) is 3.54. The molecule has 0 saturated carbocycles. The van der Waals surface area contributed by atoms with Gasteiger partial charge in [-0.25, -0.2) is 0 Å². The molecule has 0 atom stereocenters. The van der Waals surface area contributed by atoms with Crippen LogP contribution in [-0.4, -0.2) is 24.9 Å². The Hall–Kier alpha value is -3.15. The zero-order valence-electron chi connectivity index (χ0n) is 13.6. The van der Waals surface area contributed by atoms with Crippen molar-refractivity contribution in [3.63, 3.8) is 0 Å². The minimum atomic E-state index is -0.499. The Balaban J connectivity index is 2.31. The molecule has 0 saturated heterocycles. The first kappa shape index (κ1) is 17.2. The summed E-state index contributed by atoms with van der Waals surface area (Å²) < 4.78 is 10.4. The Bertz CT molecular complexity index is 811. The van der Waals surface area contributed by atoms with Crippen molar-refractivity contribution in [3.05, 3.63) is 69.3 Å². The van der Waals surface area contributed by atoms with Crippen LogP contribution in [0.4, 0.5) is 5.69 Å². The van der Waals surface area contributed by atoms with Crippen LogP contribution in [0.25, 0.3) is 6.08 Å². The monoisotopic (exact) mass is 327 g/mol. The number of nitro benzene ring substituents is 1. The van der Waals surface area contributed by atoms with Crippen LogP contribution in [0.15, 0.2) is 42.5 Å². The molecule has 2 rings (SSSR count). The van der Waals surface area contributed by atoms with Gasteiger partial charge in [0.05, 0.1) is 19.1 Å². The van der Waals surface area contributed by atoms with Crippen LogP contribution in [0.3, 0.4) is 0 Å². The highest BCUT2D eigenvalue weighted by molar-refractivity contribution is 6.07. The van der Waals surface area contributed by atoms with Crippen molar-refractivity contribution in [2.75, 3.05) is 14.2 Å². The van der Waals surface area contributed by atoms with E-state index in [-0.39, 0.29) is 17.0 Å². The Morgan fingerprint density at radius 3 is 2.50 bits per heavy atom. The number of nitrogens with zero attached hydrogens (tertiary/aromatic N) is 1. The van der Waals surface area contributed by atoms with Gasteiger partial charge in [0, 0.05) is 22.8 Å². The van der Waals surface area contributed by atoms with Gasteiger partial charge >= 0.3 is 0 Å². The molecule has 0 spiro atoms. The van der Waals surface area contributed by atoms with Crippen molar-refractivity contribution in [3.8, 4) is 11.5 Å². The second kappa shape index (κ2) is 7.41. The lowest BCUT2D eigenvalue weighted by Crippen LogP contribution is -1.98. The molecule has 0 bridgehead atoms. The van der Waals surface area contributed by atoms with Crippen molar-refractivity contribution < 1.29 is 19.2 Å². The third-order valence-electron chi connectivity index (χ3n) is 3.54. The summed E-state index contributed by atoms with van der Waals surface area (Å²) in [6, 6.07) is 9.63. The summed E-state index contributed by atoms with van der Waals surface area (Å²) in [6.07, 6.45) is 2.95. The van der Waals surface area contributed by atoms with Crippen LogP contribution in [0.2, 0.25) is 0 Å². The molecule has 0 aliphatic rings. The first-order valence-corrected chi connectivity index (χ1v) is 7.15. The Morgan fingerprint density at radius 1 is 1.12 bits per heavy atom. The van der Waals surface area contributed by atoms with E-state index in [1.54, 1.807) is 50.4 Å². The molecule has 6 heteroatoms. The number of methoxy groups -OCH3 is 2. The average molecular weight is 327 g/mol. The number of rotatable bonds is 6. The van der Waals surface area contributed by atoms with Gasteiger partial charge in [-0.2, -0.15) is 0 Å². The molecular formula is C18H17NO5. The number of hydrogen-bond donors (Lipinski definition) is 0. The quantitative estimate of drug-likeness (QED) is 0.349. The highest BCUT2D eigenvalue weighted by atomic mass is 16.6. The van der Waals surface area contributed by atoms with Crippen LogP contribution < -0.4 is 9.47 Å². The van der Waals surface area contributed by atoms with Gasteiger partial charge in [-0.3, -0.25) is 14.9 Å². The van der Waals surface area contributed by atoms with Gasteiger partial charge in [-0.1, -0.05) is 12.1 Å². The lowest BCUT2D eigenvalue weighted by molar-refractivity contribution is -0.385. The molecule has 0 aromatic heterocycles. The SMILES string of the molecule is COc1ccc(OC)c(/C=C/C(=O)c2ccc(C)c([N+](=O)[O-])c2)c1. The van der Waals surface area contributed by atoms with E-state index in [4.69, 9.17) is 9.47 Å². The number of nitro groups is 1. The van der Waals surface area contributed by atoms with Crippen LogP contribution in [-0.2, 0) is 0 Å². The number of allylic oxidation sites excluding steroid dienone is 1. The van der Waals surface area contributed by atoms with E-state index in [0.29, 0.717) is 22.6 Å². The molecule has 0 N–H and O–H groups in total. The van der Waals surface area contributed by atoms with Gasteiger partial charge in [-0.05, 0) is 37.3 Å². The molecule has 24 heavy (non-hydrogen) atoms. The number of aryl methyl sites for hydroxylation is 1. The molecular weight excluding hydrogens is 310 g/mol. The number of ketones is 1. The first-order chi connectivity index (χ1) is 11.5. The first-order valence-electron chi connectivity index (χ1n) is 7.15. The molecule has 0 unspecified atom stereocenters. The van der Waals surface area contributed by atoms with Gasteiger partial charge in [0.2, 0.25) is 0 Å². The highest BCUT2D eigenvalue weighted by Gasteiger charge is 2.13. The van der Waals surface area contributed by atoms with Gasteiger partial charge in [0.1, 0.15) is 11.5 Å². The molecule has 0 aliphatic carbocycles. The number of benzene rings is 2. The van der Waals surface area contributed by atoms with Crippen LogP contribution in [0.5, 0.6) is 11.5 Å². The summed E-state index contributed by atoms with van der Waals surface area (Å²) in [4.78, 5) is 22.8. The maximum absolute atomic E-state index is 12.3.